The lowest BCUT2D eigenvalue weighted by Gasteiger charge is -2.36. The Labute approximate surface area is 99.7 Å². The highest BCUT2D eigenvalue weighted by molar-refractivity contribution is 6.30. The van der Waals surface area contributed by atoms with Crippen LogP contribution in [0.25, 0.3) is 0 Å². The minimum atomic E-state index is -0.375. The van der Waals surface area contributed by atoms with Crippen molar-refractivity contribution < 1.29 is 4.39 Å². The van der Waals surface area contributed by atoms with Crippen molar-refractivity contribution in [3.8, 4) is 0 Å². The molecule has 16 heavy (non-hydrogen) atoms. The normalized spacial score (nSPS) is 20.9. The summed E-state index contributed by atoms with van der Waals surface area (Å²) in [7, 11) is 0. The summed E-state index contributed by atoms with van der Waals surface area (Å²) in [5.41, 5.74) is 0.855. The highest BCUT2D eigenvalue weighted by Crippen LogP contribution is 2.24. The van der Waals surface area contributed by atoms with E-state index in [-0.39, 0.29) is 16.9 Å². The number of nitrogens with zero attached hydrogens (tertiary/aromatic N) is 1. The molecule has 1 heterocycles. The van der Waals surface area contributed by atoms with Crippen LogP contribution in [0.15, 0.2) is 30.9 Å². The summed E-state index contributed by atoms with van der Waals surface area (Å²) in [5.74, 6) is -0.375. The molecule has 1 atom stereocenters. The fourth-order valence-electron chi connectivity index (χ4n) is 1.92. The molecule has 4 heteroatoms. The van der Waals surface area contributed by atoms with Crippen molar-refractivity contribution in [1.29, 1.82) is 0 Å². The maximum atomic E-state index is 13.4. The molecule has 1 N–H and O–H groups in total. The van der Waals surface area contributed by atoms with Gasteiger partial charge in [-0.25, -0.2) is 4.39 Å². The van der Waals surface area contributed by atoms with Crippen molar-refractivity contribution in [2.45, 2.75) is 6.04 Å². The monoisotopic (exact) mass is 240 g/mol. The average Bonchev–Trinajstić information content (AvgIpc) is 2.32. The summed E-state index contributed by atoms with van der Waals surface area (Å²) in [6.45, 7) is 6.38. The van der Waals surface area contributed by atoms with Gasteiger partial charge in [-0.2, -0.15) is 0 Å². The molecule has 1 saturated heterocycles. The summed E-state index contributed by atoms with van der Waals surface area (Å²) in [6.07, 6.45) is 1.87. The minimum Gasteiger partial charge on any atom is -0.362 e. The zero-order valence-electron chi connectivity index (χ0n) is 8.92. The maximum Gasteiger partial charge on any atom is 0.143 e. The van der Waals surface area contributed by atoms with Crippen molar-refractivity contribution in [2.24, 2.45) is 0 Å². The van der Waals surface area contributed by atoms with Crippen LogP contribution in [0.2, 0.25) is 5.02 Å². The topological polar surface area (TPSA) is 15.3 Å². The molecule has 2 rings (SSSR count). The van der Waals surface area contributed by atoms with Gasteiger partial charge < -0.3 is 10.2 Å². The van der Waals surface area contributed by atoms with E-state index in [4.69, 9.17) is 11.6 Å². The predicted octanol–water partition coefficient (Wildman–Crippen LogP) is 2.44. The minimum absolute atomic E-state index is 0.161. The highest BCUT2D eigenvalue weighted by Gasteiger charge is 2.20. The molecule has 0 saturated carbocycles. The first-order valence-corrected chi connectivity index (χ1v) is 5.65. The van der Waals surface area contributed by atoms with Crippen LogP contribution >= 0.6 is 11.6 Å². The quantitative estimate of drug-likeness (QED) is 0.799. The Balaban J connectivity index is 2.27. The summed E-state index contributed by atoms with van der Waals surface area (Å²) in [6, 6.07) is 5.11. The molecule has 1 aromatic carbocycles. The van der Waals surface area contributed by atoms with Crippen molar-refractivity contribution >= 4 is 17.3 Å². The Kier molecular flexibility index (Phi) is 3.46. The lowest BCUT2D eigenvalue weighted by molar-refractivity contribution is 0.528. The van der Waals surface area contributed by atoms with E-state index < -0.39 is 0 Å². The van der Waals surface area contributed by atoms with Crippen molar-refractivity contribution in [3.63, 3.8) is 0 Å². The van der Waals surface area contributed by atoms with Crippen LogP contribution in [0.1, 0.15) is 0 Å². The van der Waals surface area contributed by atoms with Gasteiger partial charge in [0.2, 0.25) is 0 Å². The molecular weight excluding hydrogens is 227 g/mol. The molecule has 1 aliphatic rings. The number of halogens is 2. The standard InChI is InChI=1S/C12H14ClFN2/c1-2-9-8-15-5-6-16(9)10-3-4-11(13)12(14)7-10/h2-4,7,9,15H,1,5-6,8H2/t9-/m1/s1. The van der Waals surface area contributed by atoms with Crippen LogP contribution in [-0.2, 0) is 0 Å². The number of anilines is 1. The molecule has 86 valence electrons. The lowest BCUT2D eigenvalue weighted by Crippen LogP contribution is -2.50. The third-order valence-corrected chi connectivity index (χ3v) is 3.10. The smallest absolute Gasteiger partial charge is 0.143 e. The Morgan fingerprint density at radius 3 is 3.06 bits per heavy atom. The van der Waals surface area contributed by atoms with Gasteiger partial charge in [-0.3, -0.25) is 0 Å². The van der Waals surface area contributed by atoms with Crippen LogP contribution in [-0.4, -0.2) is 25.7 Å². The molecule has 1 aliphatic heterocycles. The Hall–Kier alpha value is -1.06. The number of piperazine rings is 1. The van der Waals surface area contributed by atoms with Crippen LogP contribution in [0, 0.1) is 5.82 Å². The van der Waals surface area contributed by atoms with E-state index in [1.165, 1.54) is 6.07 Å². The van der Waals surface area contributed by atoms with Gasteiger partial charge in [0, 0.05) is 25.3 Å². The maximum absolute atomic E-state index is 13.4. The first-order valence-electron chi connectivity index (χ1n) is 5.27. The van der Waals surface area contributed by atoms with Crippen LogP contribution in [0.3, 0.4) is 0 Å². The van der Waals surface area contributed by atoms with Crippen molar-refractivity contribution in [1.82, 2.24) is 5.32 Å². The third kappa shape index (κ3) is 2.20. The SMILES string of the molecule is C=C[C@@H]1CNCCN1c1ccc(Cl)c(F)c1. The number of hydrogen-bond donors (Lipinski definition) is 1. The average molecular weight is 241 g/mol. The largest absolute Gasteiger partial charge is 0.362 e. The lowest BCUT2D eigenvalue weighted by atomic mass is 10.1. The number of benzene rings is 1. The summed E-state index contributed by atoms with van der Waals surface area (Å²) in [5, 5.41) is 3.44. The van der Waals surface area contributed by atoms with E-state index >= 15 is 0 Å². The summed E-state index contributed by atoms with van der Waals surface area (Å²) in [4.78, 5) is 2.13. The molecule has 0 aliphatic carbocycles. The van der Waals surface area contributed by atoms with E-state index in [1.54, 1.807) is 6.07 Å². The zero-order valence-corrected chi connectivity index (χ0v) is 9.67. The molecule has 0 bridgehead atoms. The summed E-state index contributed by atoms with van der Waals surface area (Å²) >= 11 is 5.66. The number of rotatable bonds is 2. The van der Waals surface area contributed by atoms with Crippen LogP contribution in [0.5, 0.6) is 0 Å². The molecule has 0 unspecified atom stereocenters. The van der Waals surface area contributed by atoms with E-state index in [9.17, 15) is 4.39 Å². The molecule has 0 spiro atoms. The van der Waals surface area contributed by atoms with Gasteiger partial charge >= 0.3 is 0 Å². The molecule has 1 fully saturated rings. The second kappa shape index (κ2) is 4.85. The number of hydrogen-bond acceptors (Lipinski definition) is 2. The van der Waals surface area contributed by atoms with Gasteiger partial charge in [-0.05, 0) is 18.2 Å². The van der Waals surface area contributed by atoms with Crippen molar-refractivity contribution in [3.05, 3.63) is 41.7 Å². The molecule has 0 aromatic heterocycles. The van der Waals surface area contributed by atoms with Gasteiger partial charge in [-0.1, -0.05) is 17.7 Å². The second-order valence-corrected chi connectivity index (χ2v) is 4.21. The fraction of sp³-hybridized carbons (Fsp3) is 0.333. The van der Waals surface area contributed by atoms with E-state index in [1.807, 2.05) is 12.1 Å². The number of nitrogens with one attached hydrogen (secondary N) is 1. The fourth-order valence-corrected chi connectivity index (χ4v) is 2.04. The van der Waals surface area contributed by atoms with Gasteiger partial charge in [-0.15, -0.1) is 6.58 Å². The van der Waals surface area contributed by atoms with Gasteiger partial charge in [0.25, 0.3) is 0 Å². The Morgan fingerprint density at radius 1 is 1.56 bits per heavy atom. The van der Waals surface area contributed by atoms with Gasteiger partial charge in [0.15, 0.2) is 0 Å². The Morgan fingerprint density at radius 2 is 2.38 bits per heavy atom. The van der Waals surface area contributed by atoms with Crippen LogP contribution < -0.4 is 10.2 Å². The Bertz CT molecular complexity index is 395. The van der Waals surface area contributed by atoms with Crippen LogP contribution in [0.4, 0.5) is 10.1 Å². The van der Waals surface area contributed by atoms with E-state index in [0.29, 0.717) is 0 Å². The van der Waals surface area contributed by atoms with E-state index in [0.717, 1.165) is 25.3 Å². The van der Waals surface area contributed by atoms with Gasteiger partial charge in [0.05, 0.1) is 11.1 Å². The third-order valence-electron chi connectivity index (χ3n) is 2.79. The first kappa shape index (κ1) is 11.4. The highest BCUT2D eigenvalue weighted by atomic mass is 35.5. The molecule has 0 amide bonds. The molecular formula is C12H14ClFN2. The first-order chi connectivity index (χ1) is 7.72. The second-order valence-electron chi connectivity index (χ2n) is 3.80. The molecule has 2 nitrogen and oxygen atoms in total. The van der Waals surface area contributed by atoms with Crippen molar-refractivity contribution in [2.75, 3.05) is 24.5 Å². The molecule has 0 radical (unpaired) electrons. The van der Waals surface area contributed by atoms with Gasteiger partial charge in [0.1, 0.15) is 5.82 Å². The zero-order chi connectivity index (χ0) is 11.5. The van der Waals surface area contributed by atoms with E-state index in [2.05, 4.69) is 16.8 Å². The molecule has 1 aromatic rings. The predicted molar refractivity (Wildman–Crippen MR) is 65.6 cm³/mol. The summed E-state index contributed by atoms with van der Waals surface area (Å²) < 4.78 is 13.4.